The van der Waals surface area contributed by atoms with Crippen LogP contribution in [0.1, 0.15) is 34.5 Å². The lowest BCUT2D eigenvalue weighted by Gasteiger charge is -2.32. The second-order valence-corrected chi connectivity index (χ2v) is 6.35. The van der Waals surface area contributed by atoms with Crippen LogP contribution in [-0.2, 0) is 6.54 Å². The molecule has 2 aromatic rings. The molecule has 2 N–H and O–H groups in total. The summed E-state index contributed by atoms with van der Waals surface area (Å²) in [4.78, 5) is 21.8. The minimum absolute atomic E-state index is 0.00289. The molecule has 0 aliphatic carbocycles. The van der Waals surface area contributed by atoms with Crippen molar-refractivity contribution in [3.63, 3.8) is 0 Å². The molecule has 3 rings (SSSR count). The van der Waals surface area contributed by atoms with E-state index in [0.29, 0.717) is 11.6 Å². The summed E-state index contributed by atoms with van der Waals surface area (Å²) in [5, 5.41) is 3.07. The second-order valence-electron chi connectivity index (χ2n) is 6.35. The van der Waals surface area contributed by atoms with E-state index in [2.05, 4.69) is 26.3 Å². The Labute approximate surface area is 137 Å². The molecule has 2 aromatic heterocycles. The van der Waals surface area contributed by atoms with Crippen LogP contribution in [0.4, 0.5) is 0 Å². The standard InChI is InChI=1S/C18H24N4O/c1-14-6-8-20-17(14)18(23)21-11-16-5-3-9-22(13-16)12-15-4-2-7-19-10-15/h2,4,6-8,10,16,20H,3,5,9,11-13H2,1H3,(H,21,23). The Kier molecular flexibility index (Phi) is 5.08. The largest absolute Gasteiger partial charge is 0.357 e. The maximum absolute atomic E-state index is 12.2. The van der Waals surface area contributed by atoms with Crippen LogP contribution in [0.5, 0.6) is 0 Å². The van der Waals surface area contributed by atoms with Gasteiger partial charge in [-0.15, -0.1) is 0 Å². The Morgan fingerprint density at radius 1 is 1.48 bits per heavy atom. The number of piperidine rings is 1. The molecule has 3 heterocycles. The zero-order chi connectivity index (χ0) is 16.1. The van der Waals surface area contributed by atoms with Gasteiger partial charge in [-0.1, -0.05) is 6.07 Å². The first-order valence-corrected chi connectivity index (χ1v) is 8.26. The Balaban J connectivity index is 1.49. The van der Waals surface area contributed by atoms with E-state index in [1.165, 1.54) is 18.4 Å². The van der Waals surface area contributed by atoms with E-state index in [9.17, 15) is 4.79 Å². The number of carbonyl (C=O) groups excluding carboxylic acids is 1. The van der Waals surface area contributed by atoms with Gasteiger partial charge >= 0.3 is 0 Å². The maximum Gasteiger partial charge on any atom is 0.267 e. The summed E-state index contributed by atoms with van der Waals surface area (Å²) in [6.07, 6.45) is 7.90. The Hall–Kier alpha value is -2.14. The normalized spacial score (nSPS) is 18.7. The molecule has 5 heteroatoms. The van der Waals surface area contributed by atoms with Crippen molar-refractivity contribution < 1.29 is 4.79 Å². The second kappa shape index (κ2) is 7.42. The number of aromatic amines is 1. The van der Waals surface area contributed by atoms with Crippen LogP contribution in [0.15, 0.2) is 36.8 Å². The molecule has 0 radical (unpaired) electrons. The number of rotatable bonds is 5. The minimum Gasteiger partial charge on any atom is -0.357 e. The van der Waals surface area contributed by atoms with Crippen LogP contribution in [0.2, 0.25) is 0 Å². The van der Waals surface area contributed by atoms with Gasteiger partial charge in [0.15, 0.2) is 0 Å². The fourth-order valence-electron chi connectivity index (χ4n) is 3.23. The zero-order valence-corrected chi connectivity index (χ0v) is 13.6. The highest BCUT2D eigenvalue weighted by molar-refractivity contribution is 5.93. The van der Waals surface area contributed by atoms with Crippen molar-refractivity contribution in [1.29, 1.82) is 0 Å². The molecule has 1 aliphatic heterocycles. The van der Waals surface area contributed by atoms with E-state index < -0.39 is 0 Å². The number of H-pyrrole nitrogens is 1. The number of nitrogens with one attached hydrogen (secondary N) is 2. The Morgan fingerprint density at radius 3 is 3.13 bits per heavy atom. The molecule has 1 saturated heterocycles. The molecule has 1 unspecified atom stereocenters. The van der Waals surface area contributed by atoms with Crippen molar-refractivity contribution in [1.82, 2.24) is 20.2 Å². The molecular weight excluding hydrogens is 288 g/mol. The molecule has 1 aliphatic rings. The van der Waals surface area contributed by atoms with Crippen molar-refractivity contribution >= 4 is 5.91 Å². The third-order valence-corrected chi connectivity index (χ3v) is 4.47. The van der Waals surface area contributed by atoms with Gasteiger partial charge in [-0.25, -0.2) is 0 Å². The van der Waals surface area contributed by atoms with Crippen molar-refractivity contribution in [2.75, 3.05) is 19.6 Å². The first kappa shape index (κ1) is 15.7. The average molecular weight is 312 g/mol. The molecular formula is C18H24N4O. The topological polar surface area (TPSA) is 61.0 Å². The summed E-state index contributed by atoms with van der Waals surface area (Å²) in [5.41, 5.74) is 2.91. The van der Waals surface area contributed by atoms with Gasteiger partial charge < -0.3 is 10.3 Å². The lowest BCUT2D eigenvalue weighted by atomic mass is 9.97. The van der Waals surface area contributed by atoms with Crippen LogP contribution in [-0.4, -0.2) is 40.4 Å². The maximum atomic E-state index is 12.2. The summed E-state index contributed by atoms with van der Waals surface area (Å²) in [7, 11) is 0. The number of carbonyl (C=O) groups is 1. The highest BCUT2D eigenvalue weighted by atomic mass is 16.1. The summed E-state index contributed by atoms with van der Waals surface area (Å²) in [5.74, 6) is 0.511. The fraction of sp³-hybridized carbons (Fsp3) is 0.444. The van der Waals surface area contributed by atoms with Gasteiger partial charge in [0.1, 0.15) is 5.69 Å². The smallest absolute Gasteiger partial charge is 0.267 e. The summed E-state index contributed by atoms with van der Waals surface area (Å²) < 4.78 is 0. The van der Waals surface area contributed by atoms with E-state index in [-0.39, 0.29) is 5.91 Å². The van der Waals surface area contributed by atoms with E-state index in [1.54, 1.807) is 12.4 Å². The average Bonchev–Trinajstić information content (AvgIpc) is 3.00. The number of hydrogen-bond donors (Lipinski definition) is 2. The molecule has 0 spiro atoms. The molecule has 0 saturated carbocycles. The predicted molar refractivity (Wildman–Crippen MR) is 90.1 cm³/mol. The third-order valence-electron chi connectivity index (χ3n) is 4.47. The van der Waals surface area contributed by atoms with Crippen LogP contribution in [0, 0.1) is 12.8 Å². The number of aromatic nitrogens is 2. The van der Waals surface area contributed by atoms with Crippen molar-refractivity contribution in [3.05, 3.63) is 53.6 Å². The van der Waals surface area contributed by atoms with Gasteiger partial charge in [0.2, 0.25) is 0 Å². The molecule has 5 nitrogen and oxygen atoms in total. The van der Waals surface area contributed by atoms with Crippen molar-refractivity contribution in [3.8, 4) is 0 Å². The summed E-state index contributed by atoms with van der Waals surface area (Å²) in [6, 6.07) is 6.02. The van der Waals surface area contributed by atoms with E-state index in [0.717, 1.165) is 31.7 Å². The molecule has 23 heavy (non-hydrogen) atoms. The van der Waals surface area contributed by atoms with Gasteiger partial charge in [0, 0.05) is 38.2 Å². The monoisotopic (exact) mass is 312 g/mol. The minimum atomic E-state index is -0.00289. The highest BCUT2D eigenvalue weighted by Gasteiger charge is 2.21. The van der Waals surface area contributed by atoms with Gasteiger partial charge in [-0.2, -0.15) is 0 Å². The highest BCUT2D eigenvalue weighted by Crippen LogP contribution is 2.18. The number of likely N-dealkylation sites (tertiary alicyclic amines) is 1. The molecule has 122 valence electrons. The number of pyridine rings is 1. The van der Waals surface area contributed by atoms with Gasteiger partial charge in [0.25, 0.3) is 5.91 Å². The molecule has 0 bridgehead atoms. The first-order chi connectivity index (χ1) is 11.2. The van der Waals surface area contributed by atoms with E-state index in [1.807, 2.05) is 25.3 Å². The summed E-state index contributed by atoms with van der Waals surface area (Å²) >= 11 is 0. The SMILES string of the molecule is Cc1cc[nH]c1C(=O)NCC1CCCN(Cc2cccnc2)C1. The first-order valence-electron chi connectivity index (χ1n) is 8.26. The lowest BCUT2D eigenvalue weighted by Crippen LogP contribution is -2.40. The quantitative estimate of drug-likeness (QED) is 0.891. The Morgan fingerprint density at radius 2 is 2.39 bits per heavy atom. The molecule has 1 atom stereocenters. The number of amides is 1. The van der Waals surface area contributed by atoms with Crippen LogP contribution in [0.3, 0.4) is 0 Å². The van der Waals surface area contributed by atoms with E-state index >= 15 is 0 Å². The fourth-order valence-corrected chi connectivity index (χ4v) is 3.23. The summed E-state index contributed by atoms with van der Waals surface area (Å²) in [6.45, 7) is 5.77. The number of aryl methyl sites for hydroxylation is 1. The number of nitrogens with zero attached hydrogens (tertiary/aromatic N) is 2. The van der Waals surface area contributed by atoms with Crippen LogP contribution >= 0.6 is 0 Å². The molecule has 0 aromatic carbocycles. The zero-order valence-electron chi connectivity index (χ0n) is 13.6. The van der Waals surface area contributed by atoms with Crippen molar-refractivity contribution in [2.24, 2.45) is 5.92 Å². The van der Waals surface area contributed by atoms with Gasteiger partial charge in [-0.3, -0.25) is 14.7 Å². The van der Waals surface area contributed by atoms with Crippen molar-refractivity contribution in [2.45, 2.75) is 26.3 Å². The van der Waals surface area contributed by atoms with Gasteiger partial charge in [0.05, 0.1) is 0 Å². The van der Waals surface area contributed by atoms with Gasteiger partial charge in [-0.05, 0) is 55.5 Å². The molecule has 1 amide bonds. The third kappa shape index (κ3) is 4.20. The number of hydrogen-bond acceptors (Lipinski definition) is 3. The van der Waals surface area contributed by atoms with E-state index in [4.69, 9.17) is 0 Å². The predicted octanol–water partition coefficient (Wildman–Crippen LogP) is 2.36. The molecule has 1 fully saturated rings. The van der Waals surface area contributed by atoms with Crippen LogP contribution < -0.4 is 5.32 Å². The Bertz CT molecular complexity index is 637. The van der Waals surface area contributed by atoms with Crippen LogP contribution in [0.25, 0.3) is 0 Å². The lowest BCUT2D eigenvalue weighted by molar-refractivity contribution is 0.0925.